The van der Waals surface area contributed by atoms with E-state index in [-0.39, 0.29) is 5.57 Å². The molecule has 0 fully saturated rings. The van der Waals surface area contributed by atoms with E-state index in [9.17, 15) is 10.1 Å². The monoisotopic (exact) mass is 588 g/mol. The van der Waals surface area contributed by atoms with Crippen LogP contribution < -0.4 is 10.1 Å². The molecule has 3 aromatic carbocycles. The van der Waals surface area contributed by atoms with Crippen molar-refractivity contribution in [3.8, 4) is 11.8 Å². The summed E-state index contributed by atoms with van der Waals surface area (Å²) in [6.07, 6.45) is 1.54. The lowest BCUT2D eigenvalue weighted by atomic mass is 10.1. The van der Waals surface area contributed by atoms with Crippen molar-refractivity contribution in [2.45, 2.75) is 6.61 Å². The standard InChI is InChI=1S/C23H15Br3N2O2/c24-18-2-1-3-20(11-18)28-23(29)17(13-27)10-15-4-8-21(9-5-15)30-14-16-6-7-19(25)12-22(16)26/h1-12H,14H2,(H,28,29)/b17-10-. The number of nitrogens with one attached hydrogen (secondary N) is 1. The number of anilines is 1. The van der Waals surface area contributed by atoms with E-state index in [0.717, 1.165) is 24.5 Å². The van der Waals surface area contributed by atoms with Crippen LogP contribution in [0.1, 0.15) is 11.1 Å². The van der Waals surface area contributed by atoms with E-state index in [2.05, 4.69) is 53.1 Å². The Morgan fingerprint density at radius 1 is 1.00 bits per heavy atom. The fraction of sp³-hybridized carbons (Fsp3) is 0.0435. The molecule has 0 unspecified atom stereocenters. The van der Waals surface area contributed by atoms with Crippen LogP contribution in [0, 0.1) is 11.3 Å². The molecule has 7 heteroatoms. The molecule has 3 aromatic rings. The van der Waals surface area contributed by atoms with Gasteiger partial charge in [0, 0.05) is 24.7 Å². The van der Waals surface area contributed by atoms with Crippen molar-refractivity contribution in [1.29, 1.82) is 5.26 Å². The highest BCUT2D eigenvalue weighted by Crippen LogP contribution is 2.24. The summed E-state index contributed by atoms with van der Waals surface area (Å²) in [5.41, 5.74) is 2.38. The van der Waals surface area contributed by atoms with Crippen LogP contribution in [0.3, 0.4) is 0 Å². The Morgan fingerprint density at radius 2 is 1.73 bits per heavy atom. The number of hydrogen-bond donors (Lipinski definition) is 1. The Balaban J connectivity index is 1.65. The Kier molecular flexibility index (Phi) is 7.86. The molecule has 0 aliphatic carbocycles. The van der Waals surface area contributed by atoms with Crippen LogP contribution in [0.25, 0.3) is 6.08 Å². The normalized spacial score (nSPS) is 10.9. The van der Waals surface area contributed by atoms with Crippen LogP contribution in [0.4, 0.5) is 5.69 Å². The van der Waals surface area contributed by atoms with Gasteiger partial charge in [-0.05, 0) is 54.1 Å². The molecule has 4 nitrogen and oxygen atoms in total. The van der Waals surface area contributed by atoms with Crippen LogP contribution in [0.2, 0.25) is 0 Å². The first-order valence-electron chi connectivity index (χ1n) is 8.80. The Hall–Kier alpha value is -2.40. The molecule has 0 atom stereocenters. The van der Waals surface area contributed by atoms with Crippen molar-refractivity contribution in [3.63, 3.8) is 0 Å². The zero-order valence-electron chi connectivity index (χ0n) is 15.5. The highest BCUT2D eigenvalue weighted by molar-refractivity contribution is 9.11. The fourth-order valence-electron chi connectivity index (χ4n) is 2.54. The van der Waals surface area contributed by atoms with E-state index < -0.39 is 5.91 Å². The van der Waals surface area contributed by atoms with Gasteiger partial charge in [-0.2, -0.15) is 5.26 Å². The molecule has 0 aliphatic rings. The van der Waals surface area contributed by atoms with Crippen LogP contribution in [0.5, 0.6) is 5.75 Å². The van der Waals surface area contributed by atoms with E-state index in [1.54, 1.807) is 48.5 Å². The predicted octanol–water partition coefficient (Wildman–Crippen LogP) is 7.10. The molecule has 3 rings (SSSR count). The fourth-order valence-corrected chi connectivity index (χ4v) is 4.10. The van der Waals surface area contributed by atoms with Crippen molar-refractivity contribution < 1.29 is 9.53 Å². The van der Waals surface area contributed by atoms with Gasteiger partial charge < -0.3 is 10.1 Å². The zero-order valence-corrected chi connectivity index (χ0v) is 20.3. The molecular weight excluding hydrogens is 576 g/mol. The Morgan fingerprint density at radius 3 is 2.40 bits per heavy atom. The van der Waals surface area contributed by atoms with Gasteiger partial charge in [-0.25, -0.2) is 0 Å². The maximum absolute atomic E-state index is 12.4. The number of amides is 1. The summed E-state index contributed by atoms with van der Waals surface area (Å²) < 4.78 is 8.62. The second-order valence-corrected chi connectivity index (χ2v) is 8.91. The van der Waals surface area contributed by atoms with Crippen molar-refractivity contribution in [2.75, 3.05) is 5.32 Å². The molecule has 0 radical (unpaired) electrons. The third-order valence-corrected chi connectivity index (χ3v) is 5.77. The summed E-state index contributed by atoms with van der Waals surface area (Å²) in [6, 6.07) is 22.3. The SMILES string of the molecule is N#C/C(=C/c1ccc(OCc2ccc(Br)cc2Br)cc1)C(=O)Nc1cccc(Br)c1. The number of halogens is 3. The van der Waals surface area contributed by atoms with Crippen molar-refractivity contribution in [2.24, 2.45) is 0 Å². The molecule has 0 saturated heterocycles. The van der Waals surface area contributed by atoms with Crippen LogP contribution in [-0.4, -0.2) is 5.91 Å². The summed E-state index contributed by atoms with van der Waals surface area (Å²) in [5, 5.41) is 12.1. The second-order valence-electron chi connectivity index (χ2n) is 6.23. The number of carbonyl (C=O) groups excluding carboxylic acids is 1. The third kappa shape index (κ3) is 6.30. The number of nitrogens with zero attached hydrogens (tertiary/aromatic N) is 1. The summed E-state index contributed by atoms with van der Waals surface area (Å²) >= 11 is 10.3. The third-order valence-electron chi connectivity index (χ3n) is 4.05. The largest absolute Gasteiger partial charge is 0.489 e. The van der Waals surface area contributed by atoms with Crippen LogP contribution in [0.15, 0.2) is 85.7 Å². The van der Waals surface area contributed by atoms with Crippen LogP contribution >= 0.6 is 47.8 Å². The lowest BCUT2D eigenvalue weighted by Gasteiger charge is -2.09. The summed E-state index contributed by atoms with van der Waals surface area (Å²) in [6.45, 7) is 0.418. The van der Waals surface area contributed by atoms with Gasteiger partial charge in [0.1, 0.15) is 24.0 Å². The highest BCUT2D eigenvalue weighted by Gasteiger charge is 2.10. The van der Waals surface area contributed by atoms with Gasteiger partial charge in [-0.15, -0.1) is 0 Å². The van der Waals surface area contributed by atoms with E-state index in [4.69, 9.17) is 4.74 Å². The van der Waals surface area contributed by atoms with Gasteiger partial charge in [-0.1, -0.05) is 72.1 Å². The lowest BCUT2D eigenvalue weighted by Crippen LogP contribution is -2.13. The minimum Gasteiger partial charge on any atom is -0.489 e. The number of carbonyl (C=O) groups is 1. The average Bonchev–Trinajstić information content (AvgIpc) is 2.72. The first kappa shape index (κ1) is 22.3. The van der Waals surface area contributed by atoms with Gasteiger partial charge in [0.2, 0.25) is 0 Å². The van der Waals surface area contributed by atoms with Crippen molar-refractivity contribution in [3.05, 3.63) is 96.8 Å². The number of ether oxygens (including phenoxy) is 1. The summed E-state index contributed by atoms with van der Waals surface area (Å²) in [5.74, 6) is 0.232. The molecule has 0 aliphatic heterocycles. The van der Waals surface area contributed by atoms with Gasteiger partial charge in [-0.3, -0.25) is 4.79 Å². The molecule has 0 aromatic heterocycles. The highest BCUT2D eigenvalue weighted by atomic mass is 79.9. The summed E-state index contributed by atoms with van der Waals surface area (Å²) in [7, 11) is 0. The molecule has 0 heterocycles. The topological polar surface area (TPSA) is 62.1 Å². The molecule has 1 amide bonds. The first-order chi connectivity index (χ1) is 14.4. The number of benzene rings is 3. The second kappa shape index (κ2) is 10.6. The van der Waals surface area contributed by atoms with Gasteiger partial charge >= 0.3 is 0 Å². The molecule has 0 bridgehead atoms. The minimum absolute atomic E-state index is 0.0161. The molecule has 1 N–H and O–H groups in total. The Labute approximate surface area is 200 Å². The van der Waals surface area contributed by atoms with E-state index in [1.807, 2.05) is 30.3 Å². The minimum atomic E-state index is -0.462. The average molecular weight is 591 g/mol. The molecule has 150 valence electrons. The lowest BCUT2D eigenvalue weighted by molar-refractivity contribution is -0.112. The van der Waals surface area contributed by atoms with Gasteiger partial charge in [0.25, 0.3) is 5.91 Å². The maximum Gasteiger partial charge on any atom is 0.266 e. The number of hydrogen-bond acceptors (Lipinski definition) is 3. The Bertz CT molecular complexity index is 1140. The van der Waals surface area contributed by atoms with Gasteiger partial charge in [0.15, 0.2) is 0 Å². The molecular formula is C23H15Br3N2O2. The summed E-state index contributed by atoms with van der Waals surface area (Å²) in [4.78, 5) is 12.4. The van der Waals surface area contributed by atoms with Gasteiger partial charge in [0.05, 0.1) is 0 Å². The van der Waals surface area contributed by atoms with E-state index in [1.165, 1.54) is 0 Å². The van der Waals surface area contributed by atoms with Crippen molar-refractivity contribution in [1.82, 2.24) is 0 Å². The number of rotatable bonds is 6. The zero-order chi connectivity index (χ0) is 21.5. The first-order valence-corrected chi connectivity index (χ1v) is 11.2. The molecule has 0 saturated carbocycles. The molecule has 0 spiro atoms. The maximum atomic E-state index is 12.4. The molecule has 30 heavy (non-hydrogen) atoms. The number of nitriles is 1. The predicted molar refractivity (Wildman–Crippen MR) is 129 cm³/mol. The van der Waals surface area contributed by atoms with E-state index >= 15 is 0 Å². The van der Waals surface area contributed by atoms with Crippen molar-refractivity contribution >= 4 is 65.5 Å². The van der Waals surface area contributed by atoms with Crippen LogP contribution in [-0.2, 0) is 11.4 Å². The van der Waals surface area contributed by atoms with E-state index in [0.29, 0.717) is 18.0 Å². The quantitative estimate of drug-likeness (QED) is 0.246. The smallest absolute Gasteiger partial charge is 0.266 e.